The highest BCUT2D eigenvalue weighted by Gasteiger charge is 2.13. The van der Waals surface area contributed by atoms with Crippen LogP contribution in [0.1, 0.15) is 19.4 Å². The molecule has 0 aliphatic carbocycles. The van der Waals surface area contributed by atoms with Crippen LogP contribution in [0.4, 0.5) is 5.69 Å². The number of carbonyl (C=O) groups is 1. The zero-order valence-corrected chi connectivity index (χ0v) is 11.8. The molecule has 0 unspecified atom stereocenters. The Labute approximate surface area is 113 Å². The molecule has 1 amide bonds. The largest absolute Gasteiger partial charge is 0.368 e. The lowest BCUT2D eigenvalue weighted by Crippen LogP contribution is -2.32. The molecule has 0 atom stereocenters. The number of anilines is 1. The summed E-state index contributed by atoms with van der Waals surface area (Å²) in [4.78, 5) is 12.8. The first-order valence-electron chi connectivity index (χ1n) is 5.92. The number of nitrogens with one attached hydrogen (secondary N) is 1. The van der Waals surface area contributed by atoms with Crippen molar-refractivity contribution >= 4 is 23.2 Å². The van der Waals surface area contributed by atoms with Crippen LogP contribution in [0.15, 0.2) is 18.2 Å². The highest BCUT2D eigenvalue weighted by molar-refractivity contribution is 6.33. The van der Waals surface area contributed by atoms with E-state index in [1.165, 1.54) is 0 Å². The quantitative estimate of drug-likeness (QED) is 0.827. The van der Waals surface area contributed by atoms with E-state index in [0.717, 1.165) is 11.3 Å². The van der Waals surface area contributed by atoms with Gasteiger partial charge in [0.2, 0.25) is 5.91 Å². The van der Waals surface area contributed by atoms with Crippen LogP contribution in [-0.4, -0.2) is 25.5 Å². The second-order valence-electron chi connectivity index (χ2n) is 4.61. The average molecular weight is 270 g/mol. The van der Waals surface area contributed by atoms with Gasteiger partial charge in [0, 0.05) is 19.6 Å². The Morgan fingerprint density at radius 1 is 1.50 bits per heavy atom. The van der Waals surface area contributed by atoms with Crippen molar-refractivity contribution in [2.24, 2.45) is 5.73 Å². The number of benzene rings is 1. The lowest BCUT2D eigenvalue weighted by molar-refractivity contribution is -0.116. The van der Waals surface area contributed by atoms with Gasteiger partial charge in [-0.2, -0.15) is 0 Å². The maximum atomic E-state index is 11.0. The second kappa shape index (κ2) is 6.61. The number of likely N-dealkylation sites (N-methyl/N-ethyl adjacent to an activating group) is 1. The van der Waals surface area contributed by atoms with E-state index in [1.807, 2.05) is 25.2 Å². The predicted molar refractivity (Wildman–Crippen MR) is 75.9 cm³/mol. The lowest BCUT2D eigenvalue weighted by atomic mass is 10.1. The van der Waals surface area contributed by atoms with Gasteiger partial charge in [-0.3, -0.25) is 4.79 Å². The molecule has 0 aromatic heterocycles. The van der Waals surface area contributed by atoms with Crippen LogP contribution in [0, 0.1) is 0 Å². The fourth-order valence-corrected chi connectivity index (χ4v) is 2.10. The molecule has 0 saturated carbocycles. The first-order chi connectivity index (χ1) is 8.41. The van der Waals surface area contributed by atoms with E-state index >= 15 is 0 Å². The summed E-state index contributed by atoms with van der Waals surface area (Å²) in [5, 5.41) is 3.96. The molecule has 0 aliphatic rings. The molecule has 5 heteroatoms. The number of halogens is 1. The van der Waals surface area contributed by atoms with Crippen molar-refractivity contribution in [1.82, 2.24) is 5.32 Å². The second-order valence-corrected chi connectivity index (χ2v) is 5.01. The molecule has 0 heterocycles. The first-order valence-corrected chi connectivity index (χ1v) is 6.29. The van der Waals surface area contributed by atoms with Crippen molar-refractivity contribution in [3.05, 3.63) is 28.8 Å². The van der Waals surface area contributed by atoms with E-state index < -0.39 is 0 Å². The van der Waals surface area contributed by atoms with Crippen molar-refractivity contribution in [2.75, 3.05) is 18.5 Å². The van der Waals surface area contributed by atoms with Gasteiger partial charge >= 0.3 is 0 Å². The van der Waals surface area contributed by atoms with Crippen LogP contribution in [0.2, 0.25) is 5.02 Å². The van der Waals surface area contributed by atoms with Crippen LogP contribution in [0.3, 0.4) is 0 Å². The van der Waals surface area contributed by atoms with Crippen LogP contribution in [0.25, 0.3) is 0 Å². The van der Waals surface area contributed by atoms with Gasteiger partial charge in [0.1, 0.15) is 0 Å². The van der Waals surface area contributed by atoms with Gasteiger partial charge in [0.25, 0.3) is 0 Å². The van der Waals surface area contributed by atoms with Crippen LogP contribution in [0.5, 0.6) is 0 Å². The highest BCUT2D eigenvalue weighted by atomic mass is 35.5. The monoisotopic (exact) mass is 269 g/mol. The van der Waals surface area contributed by atoms with Crippen molar-refractivity contribution < 1.29 is 4.79 Å². The van der Waals surface area contributed by atoms with Crippen LogP contribution >= 0.6 is 11.6 Å². The highest BCUT2D eigenvalue weighted by Crippen LogP contribution is 2.29. The van der Waals surface area contributed by atoms with E-state index in [4.69, 9.17) is 17.3 Å². The average Bonchev–Trinajstić information content (AvgIpc) is 2.24. The normalized spacial score (nSPS) is 10.7. The maximum Gasteiger partial charge on any atom is 0.236 e. The van der Waals surface area contributed by atoms with E-state index in [2.05, 4.69) is 19.2 Å². The number of hydrogen-bond acceptors (Lipinski definition) is 3. The number of carbonyl (C=O) groups excluding carboxylic acids is 1. The molecule has 0 saturated heterocycles. The summed E-state index contributed by atoms with van der Waals surface area (Å²) in [5.41, 5.74) is 7.12. The number of hydrogen-bond donors (Lipinski definition) is 2. The fraction of sp³-hybridized carbons (Fsp3) is 0.462. The van der Waals surface area contributed by atoms with Crippen molar-refractivity contribution in [1.29, 1.82) is 0 Å². The van der Waals surface area contributed by atoms with Crippen LogP contribution in [-0.2, 0) is 11.3 Å². The minimum atomic E-state index is -0.375. The van der Waals surface area contributed by atoms with Gasteiger partial charge in [0.05, 0.1) is 17.3 Å². The van der Waals surface area contributed by atoms with E-state index in [0.29, 0.717) is 17.6 Å². The molecule has 18 heavy (non-hydrogen) atoms. The lowest BCUT2D eigenvalue weighted by Gasteiger charge is -2.23. The molecule has 1 aromatic carbocycles. The Morgan fingerprint density at radius 2 is 2.17 bits per heavy atom. The number of para-hydroxylation sites is 1. The Morgan fingerprint density at radius 3 is 2.72 bits per heavy atom. The number of amides is 1. The third kappa shape index (κ3) is 4.20. The smallest absolute Gasteiger partial charge is 0.236 e. The zero-order valence-electron chi connectivity index (χ0n) is 11.0. The molecule has 0 spiro atoms. The molecular formula is C13H20ClN3O. The van der Waals surface area contributed by atoms with E-state index in [-0.39, 0.29) is 12.5 Å². The summed E-state index contributed by atoms with van der Waals surface area (Å²) >= 11 is 6.20. The zero-order chi connectivity index (χ0) is 13.7. The summed E-state index contributed by atoms with van der Waals surface area (Å²) in [6.45, 7) is 5.02. The SMILES string of the molecule is CC(C)NCc1cccc(Cl)c1N(C)CC(N)=O. The Kier molecular flexibility index (Phi) is 5.44. The summed E-state index contributed by atoms with van der Waals surface area (Å²) < 4.78 is 0. The van der Waals surface area contributed by atoms with Crippen molar-refractivity contribution in [3.8, 4) is 0 Å². The number of rotatable bonds is 6. The predicted octanol–water partition coefficient (Wildman–Crippen LogP) is 1.76. The van der Waals surface area contributed by atoms with Crippen LogP contribution < -0.4 is 16.0 Å². The molecule has 0 radical (unpaired) electrons. The summed E-state index contributed by atoms with van der Waals surface area (Å²) in [5.74, 6) is -0.375. The molecule has 0 bridgehead atoms. The summed E-state index contributed by atoms with van der Waals surface area (Å²) in [6, 6.07) is 6.10. The molecule has 0 aliphatic heterocycles. The van der Waals surface area contributed by atoms with E-state index in [1.54, 1.807) is 4.90 Å². The van der Waals surface area contributed by atoms with Crippen molar-refractivity contribution in [2.45, 2.75) is 26.4 Å². The number of nitrogens with two attached hydrogens (primary N) is 1. The molecule has 3 N–H and O–H groups in total. The molecule has 1 rings (SSSR count). The molecular weight excluding hydrogens is 250 g/mol. The summed E-state index contributed by atoms with van der Waals surface area (Å²) in [6.07, 6.45) is 0. The molecule has 4 nitrogen and oxygen atoms in total. The van der Waals surface area contributed by atoms with Gasteiger partial charge in [-0.1, -0.05) is 37.6 Å². The van der Waals surface area contributed by atoms with Gasteiger partial charge in [-0.15, -0.1) is 0 Å². The van der Waals surface area contributed by atoms with Gasteiger partial charge < -0.3 is 16.0 Å². The molecule has 1 aromatic rings. The topological polar surface area (TPSA) is 58.4 Å². The minimum absolute atomic E-state index is 0.151. The Bertz CT molecular complexity index is 421. The number of nitrogens with zero attached hydrogens (tertiary/aromatic N) is 1. The Hall–Kier alpha value is -1.26. The van der Waals surface area contributed by atoms with Gasteiger partial charge in [-0.25, -0.2) is 0 Å². The van der Waals surface area contributed by atoms with E-state index in [9.17, 15) is 4.79 Å². The minimum Gasteiger partial charge on any atom is -0.368 e. The van der Waals surface area contributed by atoms with Gasteiger partial charge in [0.15, 0.2) is 0 Å². The third-order valence-corrected chi connectivity index (χ3v) is 2.85. The standard InChI is InChI=1S/C13H20ClN3O/c1-9(2)16-7-10-5-4-6-11(14)13(10)17(3)8-12(15)18/h4-6,9,16H,7-8H2,1-3H3,(H2,15,18). The molecule has 0 fully saturated rings. The summed E-state index contributed by atoms with van der Waals surface area (Å²) in [7, 11) is 1.81. The fourth-order valence-electron chi connectivity index (χ4n) is 1.76. The third-order valence-electron chi connectivity index (χ3n) is 2.55. The number of primary amides is 1. The van der Waals surface area contributed by atoms with Crippen molar-refractivity contribution in [3.63, 3.8) is 0 Å². The van der Waals surface area contributed by atoms with Gasteiger partial charge in [-0.05, 0) is 11.6 Å². The Balaban J connectivity index is 2.96. The molecule has 100 valence electrons. The first kappa shape index (κ1) is 14.8. The maximum absolute atomic E-state index is 11.0.